The summed E-state index contributed by atoms with van der Waals surface area (Å²) in [7, 11) is 0. The summed E-state index contributed by atoms with van der Waals surface area (Å²) in [6.07, 6.45) is 9.23. The van der Waals surface area contributed by atoms with Crippen LogP contribution in [0.1, 0.15) is 47.3 Å². The van der Waals surface area contributed by atoms with E-state index >= 15 is 0 Å². The lowest BCUT2D eigenvalue weighted by Gasteiger charge is -2.45. The molecule has 1 aliphatic carbocycles. The number of aryl methyl sites for hydroxylation is 1. The third-order valence-electron chi connectivity index (χ3n) is 8.17. The number of para-hydroxylation sites is 1. The van der Waals surface area contributed by atoms with Gasteiger partial charge in [0.2, 0.25) is 0 Å². The van der Waals surface area contributed by atoms with Crippen LogP contribution in [0.5, 0.6) is 0 Å². The number of fused-ring (bicyclic) bond motifs is 4. The molecule has 4 heterocycles. The number of hydrogen-bond acceptors (Lipinski definition) is 3. The van der Waals surface area contributed by atoms with Gasteiger partial charge in [0.1, 0.15) is 5.69 Å². The highest BCUT2D eigenvalue weighted by atomic mass is 16.2. The summed E-state index contributed by atoms with van der Waals surface area (Å²) in [5, 5.41) is 1.03. The molecule has 1 amide bonds. The van der Waals surface area contributed by atoms with Crippen molar-refractivity contribution >= 4 is 28.0 Å². The number of nitrogens with one attached hydrogen (secondary N) is 2. The van der Waals surface area contributed by atoms with Crippen LogP contribution in [0.4, 0.5) is 0 Å². The first-order chi connectivity index (χ1) is 17.2. The molecule has 0 unspecified atom stereocenters. The summed E-state index contributed by atoms with van der Waals surface area (Å²) in [4.78, 5) is 30.8. The van der Waals surface area contributed by atoms with Gasteiger partial charge in [-0.3, -0.25) is 4.79 Å². The molecule has 0 atom stereocenters. The molecule has 6 nitrogen and oxygen atoms in total. The number of carbonyl (C=O) groups excluding carboxylic acids is 1. The van der Waals surface area contributed by atoms with Crippen molar-refractivity contribution < 1.29 is 4.79 Å². The van der Waals surface area contributed by atoms with Crippen LogP contribution in [0, 0.1) is 0 Å². The van der Waals surface area contributed by atoms with Gasteiger partial charge < -0.3 is 14.9 Å². The van der Waals surface area contributed by atoms with Crippen LogP contribution in [0.2, 0.25) is 0 Å². The van der Waals surface area contributed by atoms with Crippen molar-refractivity contribution in [1.29, 1.82) is 0 Å². The minimum absolute atomic E-state index is 0.0910. The Balaban J connectivity index is 1.16. The molecule has 35 heavy (non-hydrogen) atoms. The van der Waals surface area contributed by atoms with Gasteiger partial charge in [0.25, 0.3) is 5.91 Å². The second kappa shape index (κ2) is 7.80. The lowest BCUT2D eigenvalue weighted by molar-refractivity contribution is 0.0647. The number of aromatic amines is 2. The maximum absolute atomic E-state index is 13.5. The van der Waals surface area contributed by atoms with E-state index in [2.05, 4.69) is 62.4 Å². The molecule has 2 aliphatic rings. The van der Waals surface area contributed by atoms with E-state index in [4.69, 9.17) is 0 Å². The minimum atomic E-state index is 0.0910. The average molecular weight is 462 g/mol. The van der Waals surface area contributed by atoms with Gasteiger partial charge in [-0.05, 0) is 60.8 Å². The lowest BCUT2D eigenvalue weighted by atomic mass is 9.65. The Morgan fingerprint density at radius 3 is 2.77 bits per heavy atom. The number of aromatic nitrogens is 4. The number of pyridine rings is 1. The largest absolute Gasteiger partial charge is 0.350 e. The molecule has 2 N–H and O–H groups in total. The van der Waals surface area contributed by atoms with E-state index in [0.717, 1.165) is 53.5 Å². The fraction of sp³-hybridized carbons (Fsp3) is 0.276. The second-order valence-corrected chi connectivity index (χ2v) is 10.0. The lowest BCUT2D eigenvalue weighted by Crippen LogP contribution is -2.46. The quantitative estimate of drug-likeness (QED) is 0.358. The monoisotopic (exact) mass is 461 g/mol. The van der Waals surface area contributed by atoms with E-state index in [1.165, 1.54) is 30.4 Å². The summed E-state index contributed by atoms with van der Waals surface area (Å²) >= 11 is 0. The number of benzene rings is 2. The van der Waals surface area contributed by atoms with Crippen LogP contribution in [0.15, 0.2) is 67.1 Å². The van der Waals surface area contributed by atoms with Gasteiger partial charge in [-0.25, -0.2) is 9.97 Å². The molecule has 0 radical (unpaired) electrons. The van der Waals surface area contributed by atoms with Gasteiger partial charge in [0.15, 0.2) is 5.65 Å². The molecule has 7 rings (SSSR count). The Morgan fingerprint density at radius 1 is 0.971 bits per heavy atom. The maximum Gasteiger partial charge on any atom is 0.270 e. The zero-order valence-corrected chi connectivity index (χ0v) is 19.6. The molecule has 174 valence electrons. The van der Waals surface area contributed by atoms with E-state index in [-0.39, 0.29) is 11.3 Å². The van der Waals surface area contributed by atoms with E-state index in [0.29, 0.717) is 11.3 Å². The molecule has 0 bridgehead atoms. The molecule has 1 spiro atoms. The molecular weight excluding hydrogens is 434 g/mol. The molecule has 6 heteroatoms. The maximum atomic E-state index is 13.5. The first-order valence-electron chi connectivity index (χ1n) is 12.5. The normalized spacial score (nSPS) is 17.2. The van der Waals surface area contributed by atoms with Crippen molar-refractivity contribution in [3.05, 3.63) is 83.9 Å². The smallest absolute Gasteiger partial charge is 0.270 e. The summed E-state index contributed by atoms with van der Waals surface area (Å²) in [6.45, 7) is 1.60. The molecular formula is C29H27N5O. The van der Waals surface area contributed by atoms with Gasteiger partial charge in [-0.2, -0.15) is 0 Å². The SMILES string of the molecule is O=C(c1cc2cccc(-c3cnc4nc[nH]c4c3)c2[nH]1)N1CCC2(CCCc3ccccc32)CC1. The molecule has 1 aliphatic heterocycles. The molecule has 2 aromatic carbocycles. The number of H-pyrrole nitrogens is 2. The molecule has 1 saturated heterocycles. The fourth-order valence-electron chi connectivity index (χ4n) is 6.32. The standard InChI is InChI=1S/C29H27N5O/c35-28(34-13-11-29(12-14-34)10-4-7-19-5-1-2-9-23(19)29)25-15-20-6-3-8-22(26(20)33-25)21-16-24-27(30-17-21)32-18-31-24/h1-3,5-6,8-9,15-18,33H,4,7,10-14H2,(H,30,31,32). The zero-order valence-electron chi connectivity index (χ0n) is 19.6. The summed E-state index contributed by atoms with van der Waals surface area (Å²) in [6, 6.07) is 19.1. The second-order valence-electron chi connectivity index (χ2n) is 10.0. The highest BCUT2D eigenvalue weighted by Gasteiger charge is 2.40. The summed E-state index contributed by atoms with van der Waals surface area (Å²) in [5.41, 5.74) is 8.50. The Bertz CT molecular complexity index is 1570. The van der Waals surface area contributed by atoms with Crippen molar-refractivity contribution in [3.8, 4) is 11.1 Å². The van der Waals surface area contributed by atoms with E-state index in [9.17, 15) is 4.79 Å². The van der Waals surface area contributed by atoms with Gasteiger partial charge in [-0.15, -0.1) is 0 Å². The van der Waals surface area contributed by atoms with E-state index in [1.54, 1.807) is 6.33 Å². The molecule has 5 aromatic rings. The Hall–Kier alpha value is -3.93. The van der Waals surface area contributed by atoms with Crippen molar-refractivity contribution in [1.82, 2.24) is 24.8 Å². The number of imidazole rings is 1. The highest BCUT2D eigenvalue weighted by Crippen LogP contribution is 2.45. The first kappa shape index (κ1) is 20.4. The molecule has 3 aromatic heterocycles. The van der Waals surface area contributed by atoms with Crippen molar-refractivity contribution in [2.45, 2.75) is 37.5 Å². The van der Waals surface area contributed by atoms with Gasteiger partial charge in [-0.1, -0.05) is 42.5 Å². The summed E-state index contributed by atoms with van der Waals surface area (Å²) < 4.78 is 0. The average Bonchev–Trinajstić information content (AvgIpc) is 3.56. The van der Waals surface area contributed by atoms with Crippen LogP contribution < -0.4 is 0 Å². The predicted octanol–water partition coefficient (Wildman–Crippen LogP) is 5.62. The number of hydrogen-bond donors (Lipinski definition) is 2. The third kappa shape index (κ3) is 3.27. The summed E-state index contributed by atoms with van der Waals surface area (Å²) in [5.74, 6) is 0.0910. The van der Waals surface area contributed by atoms with E-state index < -0.39 is 0 Å². The number of nitrogens with zero attached hydrogens (tertiary/aromatic N) is 3. The predicted molar refractivity (Wildman–Crippen MR) is 137 cm³/mol. The number of likely N-dealkylation sites (tertiary alicyclic amines) is 1. The highest BCUT2D eigenvalue weighted by molar-refractivity contribution is 6.02. The Morgan fingerprint density at radius 2 is 1.86 bits per heavy atom. The number of amides is 1. The first-order valence-corrected chi connectivity index (χ1v) is 12.5. The van der Waals surface area contributed by atoms with Crippen molar-refractivity contribution in [3.63, 3.8) is 0 Å². The Kier molecular flexibility index (Phi) is 4.56. The number of piperidine rings is 1. The number of carbonyl (C=O) groups is 1. The van der Waals surface area contributed by atoms with Crippen LogP contribution in [0.25, 0.3) is 33.2 Å². The van der Waals surface area contributed by atoms with Gasteiger partial charge in [0.05, 0.1) is 17.4 Å². The van der Waals surface area contributed by atoms with Crippen LogP contribution in [0.3, 0.4) is 0 Å². The Labute approximate surface area is 203 Å². The minimum Gasteiger partial charge on any atom is -0.350 e. The number of rotatable bonds is 2. The van der Waals surface area contributed by atoms with Crippen molar-refractivity contribution in [2.24, 2.45) is 0 Å². The van der Waals surface area contributed by atoms with Crippen molar-refractivity contribution in [2.75, 3.05) is 13.1 Å². The zero-order chi connectivity index (χ0) is 23.4. The van der Waals surface area contributed by atoms with Gasteiger partial charge >= 0.3 is 0 Å². The van der Waals surface area contributed by atoms with Crippen LogP contribution in [-0.4, -0.2) is 43.8 Å². The fourth-order valence-corrected chi connectivity index (χ4v) is 6.32. The molecule has 1 fully saturated rings. The van der Waals surface area contributed by atoms with E-state index in [1.807, 2.05) is 23.2 Å². The molecule has 0 saturated carbocycles. The van der Waals surface area contributed by atoms with Crippen LogP contribution >= 0.6 is 0 Å². The third-order valence-corrected chi connectivity index (χ3v) is 8.17. The van der Waals surface area contributed by atoms with Crippen LogP contribution in [-0.2, 0) is 11.8 Å². The topological polar surface area (TPSA) is 77.7 Å². The van der Waals surface area contributed by atoms with Gasteiger partial charge in [0, 0.05) is 35.8 Å².